The summed E-state index contributed by atoms with van der Waals surface area (Å²) in [5, 5.41) is 18.1. The summed E-state index contributed by atoms with van der Waals surface area (Å²) in [6, 6.07) is 15.8. The highest BCUT2D eigenvalue weighted by molar-refractivity contribution is 6.58. The lowest BCUT2D eigenvalue weighted by atomic mass is 9.79. The average molecular weight is 254 g/mol. The molecule has 0 unspecified atom stereocenters. The molecule has 0 fully saturated rings. The molecule has 2 aromatic rings. The molecule has 0 saturated carbocycles. The molecule has 0 atom stereocenters. The molecule has 0 aromatic heterocycles. The third kappa shape index (κ3) is 3.25. The maximum Gasteiger partial charge on any atom is 0.488 e. The van der Waals surface area contributed by atoms with E-state index in [1.54, 1.807) is 12.1 Å². The summed E-state index contributed by atoms with van der Waals surface area (Å²) in [6.07, 6.45) is 0. The van der Waals surface area contributed by atoms with Gasteiger partial charge in [-0.15, -0.1) is 0 Å². The van der Waals surface area contributed by atoms with Crippen molar-refractivity contribution in [1.29, 1.82) is 0 Å². The van der Waals surface area contributed by atoms with Crippen LogP contribution in [-0.2, 0) is 5.41 Å². The van der Waals surface area contributed by atoms with Crippen molar-refractivity contribution < 1.29 is 10.0 Å². The lowest BCUT2D eigenvalue weighted by Gasteiger charge is -2.19. The SMILES string of the molecule is CC(C)(C)c1ccc(-c2ccc(B(O)O)cc2)cc1. The van der Waals surface area contributed by atoms with E-state index in [0.717, 1.165) is 11.1 Å². The van der Waals surface area contributed by atoms with Gasteiger partial charge in [-0.2, -0.15) is 0 Å². The lowest BCUT2D eigenvalue weighted by Crippen LogP contribution is -2.29. The van der Waals surface area contributed by atoms with Gasteiger partial charge in [-0.05, 0) is 27.6 Å². The lowest BCUT2D eigenvalue weighted by molar-refractivity contribution is 0.426. The van der Waals surface area contributed by atoms with Gasteiger partial charge < -0.3 is 10.0 Å². The molecule has 0 bridgehead atoms. The van der Waals surface area contributed by atoms with Crippen LogP contribution < -0.4 is 5.46 Å². The highest BCUT2D eigenvalue weighted by atomic mass is 16.4. The van der Waals surface area contributed by atoms with Crippen LogP contribution >= 0.6 is 0 Å². The Morgan fingerprint density at radius 3 is 1.53 bits per heavy atom. The summed E-state index contributed by atoms with van der Waals surface area (Å²) in [4.78, 5) is 0. The van der Waals surface area contributed by atoms with Crippen molar-refractivity contribution in [2.24, 2.45) is 0 Å². The summed E-state index contributed by atoms with van der Waals surface area (Å²) in [5.74, 6) is 0. The summed E-state index contributed by atoms with van der Waals surface area (Å²) < 4.78 is 0. The van der Waals surface area contributed by atoms with Crippen LogP contribution in [0.3, 0.4) is 0 Å². The Hall–Kier alpha value is -1.58. The smallest absolute Gasteiger partial charge is 0.423 e. The van der Waals surface area contributed by atoms with Gasteiger partial charge in [-0.25, -0.2) is 0 Å². The van der Waals surface area contributed by atoms with Crippen LogP contribution in [0.1, 0.15) is 26.3 Å². The molecule has 0 saturated heterocycles. The third-order valence-electron chi connectivity index (χ3n) is 3.29. The predicted molar refractivity (Wildman–Crippen MR) is 80.4 cm³/mol. The van der Waals surface area contributed by atoms with Gasteiger partial charge in [0.2, 0.25) is 0 Å². The minimum Gasteiger partial charge on any atom is -0.423 e. The third-order valence-corrected chi connectivity index (χ3v) is 3.29. The van der Waals surface area contributed by atoms with E-state index < -0.39 is 7.12 Å². The van der Waals surface area contributed by atoms with Crippen LogP contribution in [0, 0.1) is 0 Å². The van der Waals surface area contributed by atoms with Crippen molar-refractivity contribution in [3.8, 4) is 11.1 Å². The molecule has 3 heteroatoms. The zero-order valence-corrected chi connectivity index (χ0v) is 11.6. The monoisotopic (exact) mass is 254 g/mol. The molecule has 2 rings (SSSR count). The second-order valence-corrected chi connectivity index (χ2v) is 5.82. The Labute approximate surface area is 114 Å². The number of benzene rings is 2. The fourth-order valence-electron chi connectivity index (χ4n) is 2.01. The summed E-state index contributed by atoms with van der Waals surface area (Å²) in [7, 11) is -1.41. The maximum absolute atomic E-state index is 9.07. The standard InChI is InChI=1S/C16H19BO2/c1-16(2,3)14-8-4-12(5-9-14)13-6-10-15(11-7-13)17(18)19/h4-11,18-19H,1-3H3. The Kier molecular flexibility index (Phi) is 3.79. The van der Waals surface area contributed by atoms with Crippen molar-refractivity contribution in [1.82, 2.24) is 0 Å². The second-order valence-electron chi connectivity index (χ2n) is 5.82. The molecule has 98 valence electrons. The van der Waals surface area contributed by atoms with Crippen LogP contribution in [0.5, 0.6) is 0 Å². The molecule has 19 heavy (non-hydrogen) atoms. The van der Waals surface area contributed by atoms with E-state index in [2.05, 4.69) is 45.0 Å². The zero-order chi connectivity index (χ0) is 14.0. The summed E-state index contributed by atoms with van der Waals surface area (Å²) >= 11 is 0. The fourth-order valence-corrected chi connectivity index (χ4v) is 2.01. The minimum absolute atomic E-state index is 0.156. The molecule has 2 aromatic carbocycles. The first-order chi connectivity index (χ1) is 8.88. The molecule has 0 spiro atoms. The molecule has 0 aliphatic carbocycles. The first-order valence-corrected chi connectivity index (χ1v) is 6.45. The molecule has 2 N–H and O–H groups in total. The second kappa shape index (κ2) is 5.20. The van der Waals surface area contributed by atoms with E-state index in [1.807, 2.05) is 12.1 Å². The first-order valence-electron chi connectivity index (χ1n) is 6.45. The number of rotatable bonds is 2. The Morgan fingerprint density at radius 1 is 0.737 bits per heavy atom. The van der Waals surface area contributed by atoms with Crippen LogP contribution in [0.2, 0.25) is 0 Å². The molecule has 0 radical (unpaired) electrons. The number of hydrogen-bond acceptors (Lipinski definition) is 2. The van der Waals surface area contributed by atoms with Gasteiger partial charge in [0.15, 0.2) is 0 Å². The van der Waals surface area contributed by atoms with Crippen molar-refractivity contribution in [2.45, 2.75) is 26.2 Å². The Balaban J connectivity index is 2.27. The van der Waals surface area contributed by atoms with Gasteiger partial charge in [-0.3, -0.25) is 0 Å². The highest BCUT2D eigenvalue weighted by Gasteiger charge is 2.13. The normalized spacial score (nSPS) is 11.4. The molecule has 0 aliphatic rings. The molecule has 0 amide bonds. The number of hydrogen-bond donors (Lipinski definition) is 2. The molecular formula is C16H19BO2. The highest BCUT2D eigenvalue weighted by Crippen LogP contribution is 2.25. The van der Waals surface area contributed by atoms with Gasteiger partial charge in [0.25, 0.3) is 0 Å². The van der Waals surface area contributed by atoms with Gasteiger partial charge in [0, 0.05) is 0 Å². The largest absolute Gasteiger partial charge is 0.488 e. The van der Waals surface area contributed by atoms with Gasteiger partial charge >= 0.3 is 7.12 Å². The van der Waals surface area contributed by atoms with Gasteiger partial charge in [0.1, 0.15) is 0 Å². The molecule has 0 heterocycles. The first kappa shape index (κ1) is 13.8. The van der Waals surface area contributed by atoms with Crippen LogP contribution in [0.25, 0.3) is 11.1 Å². The maximum atomic E-state index is 9.07. The van der Waals surface area contributed by atoms with E-state index in [9.17, 15) is 0 Å². The molecule has 2 nitrogen and oxygen atoms in total. The fraction of sp³-hybridized carbons (Fsp3) is 0.250. The average Bonchev–Trinajstić information content (AvgIpc) is 2.38. The quantitative estimate of drug-likeness (QED) is 0.807. The van der Waals surface area contributed by atoms with Crippen molar-refractivity contribution in [3.05, 3.63) is 54.1 Å². The summed E-state index contributed by atoms with van der Waals surface area (Å²) in [6.45, 7) is 6.58. The van der Waals surface area contributed by atoms with Gasteiger partial charge in [0.05, 0.1) is 0 Å². The predicted octanol–water partition coefficient (Wildman–Crippen LogP) is 2.33. The van der Waals surface area contributed by atoms with Crippen LogP contribution in [-0.4, -0.2) is 17.2 Å². The summed E-state index contributed by atoms with van der Waals surface area (Å²) in [5.41, 5.74) is 4.18. The Bertz CT molecular complexity index is 536. The Morgan fingerprint density at radius 2 is 1.16 bits per heavy atom. The molecular weight excluding hydrogens is 235 g/mol. The minimum atomic E-state index is -1.41. The van der Waals surface area contributed by atoms with E-state index in [1.165, 1.54) is 5.56 Å². The zero-order valence-electron chi connectivity index (χ0n) is 11.6. The molecule has 0 aliphatic heterocycles. The van der Waals surface area contributed by atoms with E-state index in [-0.39, 0.29) is 5.41 Å². The van der Waals surface area contributed by atoms with Gasteiger partial charge in [-0.1, -0.05) is 69.3 Å². The van der Waals surface area contributed by atoms with E-state index in [0.29, 0.717) is 5.46 Å². The topological polar surface area (TPSA) is 40.5 Å². The van der Waals surface area contributed by atoms with Crippen molar-refractivity contribution in [2.75, 3.05) is 0 Å². The van der Waals surface area contributed by atoms with Crippen molar-refractivity contribution in [3.63, 3.8) is 0 Å². The van der Waals surface area contributed by atoms with E-state index in [4.69, 9.17) is 10.0 Å². The van der Waals surface area contributed by atoms with E-state index >= 15 is 0 Å². The van der Waals surface area contributed by atoms with Crippen molar-refractivity contribution >= 4 is 12.6 Å². The van der Waals surface area contributed by atoms with Crippen LogP contribution in [0.15, 0.2) is 48.5 Å². The van der Waals surface area contributed by atoms with Crippen LogP contribution in [0.4, 0.5) is 0 Å².